The average molecular weight is 506 g/mol. The molecule has 0 saturated heterocycles. The summed E-state index contributed by atoms with van der Waals surface area (Å²) >= 11 is 4.78. The molecule has 32 heavy (non-hydrogen) atoms. The Morgan fingerprint density at radius 1 is 1.03 bits per heavy atom. The fraction of sp³-hybridized carbons (Fsp3) is 0.0833. The van der Waals surface area contributed by atoms with Gasteiger partial charge < -0.3 is 0 Å². The molecular weight excluding hydrogens is 486 g/mol. The van der Waals surface area contributed by atoms with Crippen molar-refractivity contribution >= 4 is 39.8 Å². The number of hydrogen-bond donors (Lipinski definition) is 1. The molecule has 1 heterocycles. The number of halogens is 1. The summed E-state index contributed by atoms with van der Waals surface area (Å²) in [6, 6.07) is 25.6. The molecule has 0 radical (unpaired) electrons. The van der Waals surface area contributed by atoms with Crippen LogP contribution in [0.25, 0.3) is 17.1 Å². The maximum absolute atomic E-state index is 12.3. The minimum Gasteiger partial charge on any atom is -0.272 e. The molecular formula is C24H20BrN5OS. The third kappa shape index (κ3) is 5.52. The highest BCUT2D eigenvalue weighted by molar-refractivity contribution is 9.10. The summed E-state index contributed by atoms with van der Waals surface area (Å²) < 4.78 is 2.94. The van der Waals surface area contributed by atoms with Crippen molar-refractivity contribution in [2.75, 3.05) is 5.75 Å². The molecule has 0 bridgehead atoms. The van der Waals surface area contributed by atoms with Gasteiger partial charge in [0.05, 0.1) is 12.0 Å². The molecule has 0 spiro atoms. The summed E-state index contributed by atoms with van der Waals surface area (Å²) in [5.74, 6) is 0.660. The first-order valence-corrected chi connectivity index (χ1v) is 11.7. The normalized spacial score (nSPS) is 11.1. The highest BCUT2D eigenvalue weighted by Crippen LogP contribution is 2.28. The van der Waals surface area contributed by atoms with Crippen LogP contribution in [-0.2, 0) is 4.79 Å². The van der Waals surface area contributed by atoms with E-state index in [2.05, 4.69) is 36.7 Å². The first kappa shape index (κ1) is 22.0. The predicted octanol–water partition coefficient (Wildman–Crippen LogP) is 5.25. The van der Waals surface area contributed by atoms with E-state index in [4.69, 9.17) is 0 Å². The van der Waals surface area contributed by atoms with Gasteiger partial charge in [-0.1, -0.05) is 87.9 Å². The molecule has 1 amide bonds. The van der Waals surface area contributed by atoms with Crippen LogP contribution >= 0.6 is 27.7 Å². The lowest BCUT2D eigenvalue weighted by atomic mass is 10.2. The van der Waals surface area contributed by atoms with E-state index in [-0.39, 0.29) is 11.7 Å². The fourth-order valence-electron chi connectivity index (χ4n) is 2.95. The van der Waals surface area contributed by atoms with E-state index in [1.54, 1.807) is 6.21 Å². The maximum atomic E-state index is 12.3. The van der Waals surface area contributed by atoms with Crippen LogP contribution in [0.5, 0.6) is 0 Å². The largest absolute Gasteiger partial charge is 0.272 e. The van der Waals surface area contributed by atoms with Crippen molar-refractivity contribution in [2.24, 2.45) is 5.10 Å². The molecule has 160 valence electrons. The maximum Gasteiger partial charge on any atom is 0.250 e. The van der Waals surface area contributed by atoms with Gasteiger partial charge in [0.15, 0.2) is 11.0 Å². The topological polar surface area (TPSA) is 72.2 Å². The van der Waals surface area contributed by atoms with Crippen LogP contribution in [0.1, 0.15) is 11.1 Å². The number of hydrazone groups is 1. The Labute approximate surface area is 198 Å². The van der Waals surface area contributed by atoms with Gasteiger partial charge in [-0.25, -0.2) is 5.43 Å². The Kier molecular flexibility index (Phi) is 7.14. The lowest BCUT2D eigenvalue weighted by Gasteiger charge is -2.10. The van der Waals surface area contributed by atoms with Crippen molar-refractivity contribution in [3.05, 3.63) is 94.5 Å². The number of aromatic nitrogens is 3. The molecule has 0 fully saturated rings. The lowest BCUT2D eigenvalue weighted by Crippen LogP contribution is -2.20. The molecule has 6 nitrogen and oxygen atoms in total. The van der Waals surface area contributed by atoms with E-state index in [0.29, 0.717) is 11.0 Å². The number of carbonyl (C=O) groups is 1. The van der Waals surface area contributed by atoms with Gasteiger partial charge in [0, 0.05) is 15.7 Å². The van der Waals surface area contributed by atoms with Crippen LogP contribution in [0.3, 0.4) is 0 Å². The number of carbonyl (C=O) groups excluding carboxylic acids is 1. The van der Waals surface area contributed by atoms with E-state index in [1.165, 1.54) is 17.3 Å². The number of thioether (sulfide) groups is 1. The Bertz CT molecular complexity index is 1220. The third-order valence-electron chi connectivity index (χ3n) is 4.56. The Morgan fingerprint density at radius 2 is 1.75 bits per heavy atom. The molecule has 0 unspecified atom stereocenters. The van der Waals surface area contributed by atoms with Crippen LogP contribution in [-0.4, -0.2) is 32.6 Å². The monoisotopic (exact) mass is 505 g/mol. The fourth-order valence-corrected chi connectivity index (χ4v) is 3.96. The van der Waals surface area contributed by atoms with Gasteiger partial charge in [0.2, 0.25) is 0 Å². The molecule has 4 rings (SSSR count). The van der Waals surface area contributed by atoms with Crippen molar-refractivity contribution in [2.45, 2.75) is 12.1 Å². The number of aryl methyl sites for hydroxylation is 1. The van der Waals surface area contributed by atoms with Crippen LogP contribution in [0.4, 0.5) is 0 Å². The zero-order chi connectivity index (χ0) is 22.3. The number of amides is 1. The van der Waals surface area contributed by atoms with Gasteiger partial charge in [-0.05, 0) is 36.8 Å². The molecule has 0 aliphatic carbocycles. The Hall–Kier alpha value is -3.23. The van der Waals surface area contributed by atoms with Crippen molar-refractivity contribution < 1.29 is 4.79 Å². The highest BCUT2D eigenvalue weighted by atomic mass is 79.9. The molecule has 0 atom stereocenters. The molecule has 0 saturated carbocycles. The Balaban J connectivity index is 1.49. The summed E-state index contributed by atoms with van der Waals surface area (Å²) in [5, 5.41) is 13.4. The summed E-state index contributed by atoms with van der Waals surface area (Å²) in [6.45, 7) is 2.02. The van der Waals surface area contributed by atoms with Gasteiger partial charge in [-0.3, -0.25) is 9.36 Å². The van der Waals surface area contributed by atoms with Crippen LogP contribution in [0.15, 0.2) is 93.6 Å². The van der Waals surface area contributed by atoms with Gasteiger partial charge in [-0.2, -0.15) is 5.10 Å². The molecule has 1 aromatic heterocycles. The second-order valence-corrected chi connectivity index (χ2v) is 8.83. The first-order valence-electron chi connectivity index (χ1n) is 9.88. The molecule has 1 N–H and O–H groups in total. The first-order chi connectivity index (χ1) is 15.6. The number of hydrogen-bond acceptors (Lipinski definition) is 5. The summed E-state index contributed by atoms with van der Waals surface area (Å²) in [7, 11) is 0. The van der Waals surface area contributed by atoms with Gasteiger partial charge in [0.1, 0.15) is 0 Å². The van der Waals surface area contributed by atoms with Gasteiger partial charge in [-0.15, -0.1) is 10.2 Å². The minimum atomic E-state index is -0.218. The van der Waals surface area contributed by atoms with Crippen molar-refractivity contribution in [1.82, 2.24) is 20.2 Å². The van der Waals surface area contributed by atoms with E-state index in [9.17, 15) is 4.79 Å². The smallest absolute Gasteiger partial charge is 0.250 e. The second kappa shape index (κ2) is 10.4. The van der Waals surface area contributed by atoms with E-state index in [1.807, 2.05) is 90.4 Å². The molecule has 0 aliphatic rings. The number of nitrogens with one attached hydrogen (secondary N) is 1. The third-order valence-corrected chi connectivity index (χ3v) is 6.02. The molecule has 4 aromatic rings. The quantitative estimate of drug-likeness (QED) is 0.211. The number of benzene rings is 3. The second-order valence-electron chi connectivity index (χ2n) is 6.98. The number of nitrogens with zero attached hydrogens (tertiary/aromatic N) is 4. The van der Waals surface area contributed by atoms with E-state index in [0.717, 1.165) is 21.3 Å². The van der Waals surface area contributed by atoms with Crippen LogP contribution in [0.2, 0.25) is 0 Å². The zero-order valence-electron chi connectivity index (χ0n) is 17.3. The molecule has 0 aliphatic heterocycles. The standard InChI is InChI=1S/C24H20BrN5OS/c1-17-7-9-18(10-8-17)15-26-27-22(31)16-32-24-29-28-23(19-5-3-2-4-6-19)30(24)21-13-11-20(25)12-14-21/h2-15H,16H2,1H3,(H,27,31)/b26-15+. The van der Waals surface area contributed by atoms with Crippen LogP contribution < -0.4 is 5.43 Å². The van der Waals surface area contributed by atoms with E-state index >= 15 is 0 Å². The summed E-state index contributed by atoms with van der Waals surface area (Å²) in [5.41, 5.74) is 6.52. The predicted molar refractivity (Wildman–Crippen MR) is 132 cm³/mol. The lowest BCUT2D eigenvalue weighted by molar-refractivity contribution is -0.118. The Morgan fingerprint density at radius 3 is 2.47 bits per heavy atom. The summed E-state index contributed by atoms with van der Waals surface area (Å²) in [6.07, 6.45) is 1.62. The SMILES string of the molecule is Cc1ccc(/C=N/NC(=O)CSc2nnc(-c3ccccc3)n2-c2ccc(Br)cc2)cc1. The molecule has 3 aromatic carbocycles. The van der Waals surface area contributed by atoms with Gasteiger partial charge >= 0.3 is 0 Å². The van der Waals surface area contributed by atoms with Crippen molar-refractivity contribution in [1.29, 1.82) is 0 Å². The van der Waals surface area contributed by atoms with Crippen molar-refractivity contribution in [3.8, 4) is 17.1 Å². The minimum absolute atomic E-state index is 0.161. The van der Waals surface area contributed by atoms with Crippen LogP contribution in [0, 0.1) is 6.92 Å². The van der Waals surface area contributed by atoms with Crippen molar-refractivity contribution in [3.63, 3.8) is 0 Å². The zero-order valence-corrected chi connectivity index (χ0v) is 19.7. The number of rotatable bonds is 7. The highest BCUT2D eigenvalue weighted by Gasteiger charge is 2.17. The molecule has 8 heteroatoms. The summed E-state index contributed by atoms with van der Waals surface area (Å²) in [4.78, 5) is 12.3. The average Bonchev–Trinajstić information content (AvgIpc) is 3.24. The van der Waals surface area contributed by atoms with Gasteiger partial charge in [0.25, 0.3) is 5.91 Å². The van der Waals surface area contributed by atoms with E-state index < -0.39 is 0 Å².